The summed E-state index contributed by atoms with van der Waals surface area (Å²) in [6.45, 7) is 6.72. The first kappa shape index (κ1) is 12.9. The van der Waals surface area contributed by atoms with E-state index in [4.69, 9.17) is 15.2 Å². The zero-order valence-corrected chi connectivity index (χ0v) is 9.98. The molecule has 2 N–H and O–H groups in total. The number of anilines is 1. The molecule has 0 aliphatic carbocycles. The van der Waals surface area contributed by atoms with Gasteiger partial charge in [0.25, 0.3) is 0 Å². The molecule has 0 bridgehead atoms. The van der Waals surface area contributed by atoms with E-state index < -0.39 is 0 Å². The number of rotatable bonds is 7. The number of nitrogen functional groups attached to an aromatic ring is 1. The summed E-state index contributed by atoms with van der Waals surface area (Å²) in [4.78, 5) is 4.14. The Hall–Kier alpha value is -1.13. The summed E-state index contributed by atoms with van der Waals surface area (Å²) in [7, 11) is 0. The standard InChI is InChI=1S/C12H20N2O2/c1-10(2)8-15-5-6-16-9-12-7-11(13)3-4-14-12/h3-4,7,10H,5-6,8-9H2,1-2H3,(H2,13,14). The largest absolute Gasteiger partial charge is 0.399 e. The monoisotopic (exact) mass is 224 g/mol. The Balaban J connectivity index is 2.07. The molecule has 0 amide bonds. The van der Waals surface area contributed by atoms with Crippen LogP contribution in [-0.2, 0) is 16.1 Å². The van der Waals surface area contributed by atoms with E-state index in [1.165, 1.54) is 0 Å². The zero-order chi connectivity index (χ0) is 11.8. The minimum atomic E-state index is 0.482. The molecule has 1 heterocycles. The smallest absolute Gasteiger partial charge is 0.0889 e. The first-order valence-electron chi connectivity index (χ1n) is 5.54. The normalized spacial score (nSPS) is 10.9. The van der Waals surface area contributed by atoms with Crippen LogP contribution in [0.4, 0.5) is 5.69 Å². The predicted octanol–water partition coefficient (Wildman–Crippen LogP) is 1.85. The van der Waals surface area contributed by atoms with Crippen LogP contribution in [0.2, 0.25) is 0 Å². The molecule has 0 saturated heterocycles. The molecule has 0 fully saturated rings. The first-order chi connectivity index (χ1) is 7.68. The lowest BCUT2D eigenvalue weighted by Crippen LogP contribution is -2.08. The second-order valence-electron chi connectivity index (χ2n) is 4.10. The van der Waals surface area contributed by atoms with Gasteiger partial charge in [0.05, 0.1) is 25.5 Å². The number of aromatic nitrogens is 1. The van der Waals surface area contributed by atoms with E-state index in [1.54, 1.807) is 12.3 Å². The third-order valence-corrected chi connectivity index (χ3v) is 1.91. The van der Waals surface area contributed by atoms with Gasteiger partial charge in [-0.1, -0.05) is 13.8 Å². The van der Waals surface area contributed by atoms with Crippen molar-refractivity contribution >= 4 is 5.69 Å². The molecule has 0 spiro atoms. The van der Waals surface area contributed by atoms with Gasteiger partial charge in [-0.05, 0) is 18.1 Å². The number of ether oxygens (including phenoxy) is 2. The molecule has 4 nitrogen and oxygen atoms in total. The molecule has 0 unspecified atom stereocenters. The molecular weight excluding hydrogens is 204 g/mol. The second-order valence-corrected chi connectivity index (χ2v) is 4.10. The number of nitrogens with zero attached hydrogens (tertiary/aromatic N) is 1. The fourth-order valence-corrected chi connectivity index (χ4v) is 1.19. The Labute approximate surface area is 96.8 Å². The minimum Gasteiger partial charge on any atom is -0.399 e. The summed E-state index contributed by atoms with van der Waals surface area (Å²) >= 11 is 0. The van der Waals surface area contributed by atoms with Crippen LogP contribution in [0.25, 0.3) is 0 Å². The molecule has 4 heteroatoms. The van der Waals surface area contributed by atoms with Crippen LogP contribution in [0, 0.1) is 5.92 Å². The van der Waals surface area contributed by atoms with Gasteiger partial charge in [-0.2, -0.15) is 0 Å². The van der Waals surface area contributed by atoms with Crippen molar-refractivity contribution in [2.75, 3.05) is 25.6 Å². The van der Waals surface area contributed by atoms with Gasteiger partial charge in [-0.25, -0.2) is 0 Å². The SMILES string of the molecule is CC(C)COCCOCc1cc(N)ccn1. The van der Waals surface area contributed by atoms with E-state index in [-0.39, 0.29) is 0 Å². The Morgan fingerprint density at radius 3 is 2.75 bits per heavy atom. The van der Waals surface area contributed by atoms with Gasteiger partial charge in [-0.15, -0.1) is 0 Å². The molecule has 1 aromatic heterocycles. The summed E-state index contributed by atoms with van der Waals surface area (Å²) in [5.74, 6) is 0.565. The van der Waals surface area contributed by atoms with E-state index in [0.29, 0.717) is 31.4 Å². The van der Waals surface area contributed by atoms with Crippen LogP contribution in [0.1, 0.15) is 19.5 Å². The van der Waals surface area contributed by atoms with Gasteiger partial charge in [0.1, 0.15) is 0 Å². The minimum absolute atomic E-state index is 0.482. The predicted molar refractivity (Wildman–Crippen MR) is 64.0 cm³/mol. The molecule has 0 aliphatic heterocycles. The van der Waals surface area contributed by atoms with E-state index in [9.17, 15) is 0 Å². The van der Waals surface area contributed by atoms with Crippen molar-refractivity contribution in [3.63, 3.8) is 0 Å². The van der Waals surface area contributed by atoms with Crippen molar-refractivity contribution in [3.8, 4) is 0 Å². The maximum absolute atomic E-state index is 5.62. The number of pyridine rings is 1. The second kappa shape index (κ2) is 7.19. The molecule has 0 saturated carbocycles. The Bertz CT molecular complexity index is 303. The van der Waals surface area contributed by atoms with E-state index in [2.05, 4.69) is 18.8 Å². The number of hydrogen-bond acceptors (Lipinski definition) is 4. The maximum atomic E-state index is 5.62. The van der Waals surface area contributed by atoms with Crippen LogP contribution < -0.4 is 5.73 Å². The lowest BCUT2D eigenvalue weighted by molar-refractivity contribution is 0.0305. The molecule has 16 heavy (non-hydrogen) atoms. The van der Waals surface area contributed by atoms with Crippen molar-refractivity contribution in [3.05, 3.63) is 24.0 Å². The Kier molecular flexibility index (Phi) is 5.82. The van der Waals surface area contributed by atoms with Crippen molar-refractivity contribution in [1.82, 2.24) is 4.98 Å². The molecular formula is C12H20N2O2. The van der Waals surface area contributed by atoms with Crippen LogP contribution >= 0.6 is 0 Å². The molecule has 0 aromatic carbocycles. The lowest BCUT2D eigenvalue weighted by Gasteiger charge is -2.07. The average molecular weight is 224 g/mol. The maximum Gasteiger partial charge on any atom is 0.0889 e. The lowest BCUT2D eigenvalue weighted by atomic mass is 10.2. The van der Waals surface area contributed by atoms with Crippen LogP contribution in [0.5, 0.6) is 0 Å². The van der Waals surface area contributed by atoms with Crippen molar-refractivity contribution < 1.29 is 9.47 Å². The van der Waals surface area contributed by atoms with Gasteiger partial charge in [0.2, 0.25) is 0 Å². The highest BCUT2D eigenvalue weighted by Crippen LogP contribution is 2.03. The fourth-order valence-electron chi connectivity index (χ4n) is 1.19. The summed E-state index contributed by atoms with van der Waals surface area (Å²) in [5.41, 5.74) is 7.19. The van der Waals surface area contributed by atoms with Crippen molar-refractivity contribution in [2.45, 2.75) is 20.5 Å². The summed E-state index contributed by atoms with van der Waals surface area (Å²) in [6, 6.07) is 3.57. The quantitative estimate of drug-likeness (QED) is 0.718. The van der Waals surface area contributed by atoms with Gasteiger partial charge < -0.3 is 15.2 Å². The van der Waals surface area contributed by atoms with Gasteiger partial charge >= 0.3 is 0 Å². The highest BCUT2D eigenvalue weighted by Gasteiger charge is 1.96. The molecule has 0 atom stereocenters. The van der Waals surface area contributed by atoms with E-state index in [0.717, 1.165) is 12.3 Å². The highest BCUT2D eigenvalue weighted by molar-refractivity contribution is 5.36. The third-order valence-electron chi connectivity index (χ3n) is 1.91. The van der Waals surface area contributed by atoms with Crippen molar-refractivity contribution in [1.29, 1.82) is 0 Å². The van der Waals surface area contributed by atoms with Gasteiger partial charge in [0, 0.05) is 18.5 Å². The third kappa shape index (κ3) is 5.68. The molecule has 0 aliphatic rings. The average Bonchev–Trinajstić information content (AvgIpc) is 2.23. The Morgan fingerprint density at radius 1 is 1.31 bits per heavy atom. The van der Waals surface area contributed by atoms with Gasteiger partial charge in [0.15, 0.2) is 0 Å². The topological polar surface area (TPSA) is 57.4 Å². The molecule has 0 radical (unpaired) electrons. The Morgan fingerprint density at radius 2 is 2.06 bits per heavy atom. The molecule has 1 aromatic rings. The van der Waals surface area contributed by atoms with E-state index >= 15 is 0 Å². The van der Waals surface area contributed by atoms with Crippen LogP contribution in [0.3, 0.4) is 0 Å². The molecule has 90 valence electrons. The zero-order valence-electron chi connectivity index (χ0n) is 9.98. The van der Waals surface area contributed by atoms with Crippen LogP contribution in [-0.4, -0.2) is 24.8 Å². The van der Waals surface area contributed by atoms with Gasteiger partial charge in [-0.3, -0.25) is 4.98 Å². The number of nitrogens with two attached hydrogens (primary N) is 1. The first-order valence-corrected chi connectivity index (χ1v) is 5.54. The fraction of sp³-hybridized carbons (Fsp3) is 0.583. The van der Waals surface area contributed by atoms with E-state index in [1.807, 2.05) is 6.07 Å². The van der Waals surface area contributed by atoms with Crippen LogP contribution in [0.15, 0.2) is 18.3 Å². The van der Waals surface area contributed by atoms with Crippen molar-refractivity contribution in [2.24, 2.45) is 5.92 Å². The summed E-state index contributed by atoms with van der Waals surface area (Å²) in [6.07, 6.45) is 1.68. The number of hydrogen-bond donors (Lipinski definition) is 1. The summed E-state index contributed by atoms with van der Waals surface area (Å²) in [5, 5.41) is 0. The summed E-state index contributed by atoms with van der Waals surface area (Å²) < 4.78 is 10.8. The highest BCUT2D eigenvalue weighted by atomic mass is 16.5. The molecule has 1 rings (SSSR count).